The highest BCUT2D eigenvalue weighted by atomic mass is 32.2. The molecule has 1 aliphatic heterocycles. The fraction of sp³-hybridized carbons (Fsp3) is 0.900. The van der Waals surface area contributed by atoms with Gasteiger partial charge in [-0.2, -0.15) is 4.99 Å². The maximum atomic E-state index is 13.0. The summed E-state index contributed by atoms with van der Waals surface area (Å²) in [6, 6.07) is 0. The van der Waals surface area contributed by atoms with Crippen molar-refractivity contribution in [3.8, 4) is 0 Å². The van der Waals surface area contributed by atoms with Crippen molar-refractivity contribution in [2.75, 3.05) is 11.5 Å². The molecule has 2 aliphatic rings. The number of carbonyl (C=O) groups excluding carboxylic acids is 1. The molecule has 0 aromatic carbocycles. The fourth-order valence-electron chi connectivity index (χ4n) is 2.84. The normalized spacial score (nSPS) is 33.2. The molecule has 4 nitrogen and oxygen atoms in total. The van der Waals surface area contributed by atoms with Gasteiger partial charge in [-0.25, -0.2) is 22.0 Å². The van der Waals surface area contributed by atoms with Gasteiger partial charge in [0.15, 0.2) is 9.84 Å². The molecule has 7 heteroatoms. The maximum absolute atomic E-state index is 13.0. The second kappa shape index (κ2) is 3.85. The lowest BCUT2D eigenvalue weighted by molar-refractivity contribution is -0.136. The summed E-state index contributed by atoms with van der Waals surface area (Å²) in [5.74, 6) is -3.35. The van der Waals surface area contributed by atoms with Crippen molar-refractivity contribution in [1.82, 2.24) is 0 Å². The van der Waals surface area contributed by atoms with Gasteiger partial charge in [-0.3, -0.25) is 0 Å². The minimum absolute atomic E-state index is 0.0980. The van der Waals surface area contributed by atoms with Crippen LogP contribution < -0.4 is 0 Å². The molecule has 17 heavy (non-hydrogen) atoms. The molecule has 0 radical (unpaired) electrons. The summed E-state index contributed by atoms with van der Waals surface area (Å²) in [6.07, 6.45) is 1.24. The van der Waals surface area contributed by atoms with Crippen LogP contribution in [-0.2, 0) is 14.6 Å². The Hall–Kier alpha value is -0.810. The van der Waals surface area contributed by atoms with Crippen LogP contribution in [0.2, 0.25) is 0 Å². The first-order valence-corrected chi connectivity index (χ1v) is 7.28. The lowest BCUT2D eigenvalue weighted by Crippen LogP contribution is -2.57. The topological polar surface area (TPSA) is 63.6 Å². The first-order chi connectivity index (χ1) is 7.79. The Morgan fingerprint density at radius 2 is 1.94 bits per heavy atom. The van der Waals surface area contributed by atoms with E-state index in [1.807, 2.05) is 0 Å². The predicted octanol–water partition coefficient (Wildman–Crippen LogP) is 1.31. The third-order valence-corrected chi connectivity index (χ3v) is 5.44. The molecule has 1 saturated heterocycles. The number of nitrogens with zero attached hydrogens (tertiary/aromatic N) is 1. The Morgan fingerprint density at radius 3 is 2.41 bits per heavy atom. The van der Waals surface area contributed by atoms with Crippen LogP contribution in [0.25, 0.3) is 0 Å². The number of alkyl halides is 2. The lowest BCUT2D eigenvalue weighted by Gasteiger charge is -2.48. The van der Waals surface area contributed by atoms with Crippen LogP contribution in [0.4, 0.5) is 8.78 Å². The van der Waals surface area contributed by atoms with E-state index in [9.17, 15) is 22.0 Å². The maximum Gasteiger partial charge on any atom is 0.252 e. The third-order valence-electron chi connectivity index (χ3n) is 3.62. The average molecular weight is 265 g/mol. The molecule has 1 unspecified atom stereocenters. The minimum atomic E-state index is -3.18. The first-order valence-electron chi connectivity index (χ1n) is 5.46. The van der Waals surface area contributed by atoms with Gasteiger partial charge < -0.3 is 0 Å². The monoisotopic (exact) mass is 265 g/mol. The van der Waals surface area contributed by atoms with E-state index in [1.165, 1.54) is 6.08 Å². The van der Waals surface area contributed by atoms with Crippen molar-refractivity contribution < 1.29 is 22.0 Å². The number of isocyanates is 1. The van der Waals surface area contributed by atoms with Gasteiger partial charge in [0.05, 0.1) is 17.0 Å². The van der Waals surface area contributed by atoms with E-state index in [1.54, 1.807) is 0 Å². The lowest BCUT2D eigenvalue weighted by atomic mass is 9.65. The predicted molar refractivity (Wildman–Crippen MR) is 56.4 cm³/mol. The Labute approximate surface area is 98.0 Å². The molecule has 0 aromatic rings. The summed E-state index contributed by atoms with van der Waals surface area (Å²) in [6.45, 7) is 0. The molecule has 1 atom stereocenters. The van der Waals surface area contributed by atoms with E-state index >= 15 is 0 Å². The molecule has 2 fully saturated rings. The van der Waals surface area contributed by atoms with Gasteiger partial charge >= 0.3 is 0 Å². The van der Waals surface area contributed by atoms with E-state index in [4.69, 9.17) is 0 Å². The number of halogens is 2. The highest BCUT2D eigenvalue weighted by molar-refractivity contribution is 7.91. The standard InChI is InChI=1S/C10H13F2NO3S/c11-10(12)5-9(6-10,13-7-14)8-2-1-3-17(15,16)4-8/h8H,1-6H2. The molecule has 2 rings (SSSR count). The number of aliphatic imine (C=N–C) groups is 1. The zero-order chi connectivity index (χ0) is 12.7. The van der Waals surface area contributed by atoms with Crippen LogP contribution in [0.1, 0.15) is 25.7 Å². The van der Waals surface area contributed by atoms with Gasteiger partial charge in [-0.15, -0.1) is 0 Å². The largest absolute Gasteiger partial charge is 0.252 e. The van der Waals surface area contributed by atoms with Crippen LogP contribution in [0.5, 0.6) is 0 Å². The van der Waals surface area contributed by atoms with Crippen LogP contribution in [-0.4, -0.2) is 37.5 Å². The van der Waals surface area contributed by atoms with E-state index in [0.717, 1.165) is 0 Å². The Balaban J connectivity index is 2.21. The van der Waals surface area contributed by atoms with Crippen LogP contribution in [0.15, 0.2) is 4.99 Å². The summed E-state index contributed by atoms with van der Waals surface area (Å²) in [5, 5.41) is 0. The number of hydrogen-bond donors (Lipinski definition) is 0. The molecular weight excluding hydrogens is 252 g/mol. The number of sulfone groups is 1. The Morgan fingerprint density at radius 1 is 1.29 bits per heavy atom. The van der Waals surface area contributed by atoms with Gasteiger partial charge in [-0.05, 0) is 18.8 Å². The van der Waals surface area contributed by atoms with Crippen molar-refractivity contribution in [3.05, 3.63) is 0 Å². The Kier molecular flexibility index (Phi) is 2.86. The van der Waals surface area contributed by atoms with Crippen molar-refractivity contribution in [3.63, 3.8) is 0 Å². The van der Waals surface area contributed by atoms with E-state index < -0.39 is 40.1 Å². The minimum Gasteiger partial charge on any atom is -0.229 e. The van der Waals surface area contributed by atoms with Crippen LogP contribution in [0.3, 0.4) is 0 Å². The van der Waals surface area contributed by atoms with Gasteiger partial charge in [0.1, 0.15) is 0 Å². The van der Waals surface area contributed by atoms with Crippen molar-refractivity contribution in [2.45, 2.75) is 37.1 Å². The summed E-state index contributed by atoms with van der Waals surface area (Å²) >= 11 is 0. The molecule has 0 bridgehead atoms. The second-order valence-electron chi connectivity index (χ2n) is 4.97. The van der Waals surface area contributed by atoms with Gasteiger partial charge in [-0.1, -0.05) is 0 Å². The van der Waals surface area contributed by atoms with E-state index in [-0.39, 0.29) is 11.5 Å². The molecular formula is C10H13F2NO3S. The molecule has 0 N–H and O–H groups in total. The SMILES string of the molecule is O=C=NC1(C2CCCS(=O)(=O)C2)CC(F)(F)C1. The van der Waals surface area contributed by atoms with Crippen LogP contribution in [0, 0.1) is 5.92 Å². The van der Waals surface area contributed by atoms with Gasteiger partial charge in [0.2, 0.25) is 6.08 Å². The van der Waals surface area contributed by atoms with E-state index in [0.29, 0.717) is 12.8 Å². The van der Waals surface area contributed by atoms with Crippen molar-refractivity contribution in [2.24, 2.45) is 10.9 Å². The van der Waals surface area contributed by atoms with Gasteiger partial charge in [0, 0.05) is 12.8 Å². The highest BCUT2D eigenvalue weighted by Gasteiger charge is 2.61. The zero-order valence-electron chi connectivity index (χ0n) is 9.16. The molecule has 0 amide bonds. The molecule has 0 spiro atoms. The molecule has 1 heterocycles. The second-order valence-corrected chi connectivity index (χ2v) is 7.20. The third kappa shape index (κ3) is 2.40. The number of rotatable bonds is 2. The summed E-state index contributed by atoms with van der Waals surface area (Å²) in [7, 11) is -3.18. The quantitative estimate of drug-likeness (QED) is 0.558. The molecule has 0 aromatic heterocycles. The molecule has 1 aliphatic carbocycles. The van der Waals surface area contributed by atoms with Crippen LogP contribution >= 0.6 is 0 Å². The van der Waals surface area contributed by atoms with Crippen molar-refractivity contribution in [1.29, 1.82) is 0 Å². The fourth-order valence-corrected chi connectivity index (χ4v) is 4.70. The highest BCUT2D eigenvalue weighted by Crippen LogP contribution is 2.53. The van der Waals surface area contributed by atoms with Crippen molar-refractivity contribution >= 4 is 15.9 Å². The van der Waals surface area contributed by atoms with E-state index in [2.05, 4.69) is 4.99 Å². The summed E-state index contributed by atoms with van der Waals surface area (Å²) in [5.41, 5.74) is -1.20. The zero-order valence-corrected chi connectivity index (χ0v) is 9.97. The summed E-state index contributed by atoms with van der Waals surface area (Å²) in [4.78, 5) is 13.8. The van der Waals surface area contributed by atoms with Gasteiger partial charge in [0.25, 0.3) is 5.92 Å². The number of hydrogen-bond acceptors (Lipinski definition) is 4. The summed E-state index contributed by atoms with van der Waals surface area (Å²) < 4.78 is 48.9. The average Bonchev–Trinajstić information content (AvgIpc) is 2.13. The Bertz CT molecular complexity index is 460. The smallest absolute Gasteiger partial charge is 0.229 e. The molecule has 96 valence electrons. The molecule has 1 saturated carbocycles. The first kappa shape index (κ1) is 12.6.